The predicted molar refractivity (Wildman–Crippen MR) is 147 cm³/mol. The first-order chi connectivity index (χ1) is 19.4. The van der Waals surface area contributed by atoms with Crippen molar-refractivity contribution in [2.75, 3.05) is 20.8 Å². The monoisotopic (exact) mass is 542 g/mol. The summed E-state index contributed by atoms with van der Waals surface area (Å²) in [4.78, 5) is 26.7. The number of ether oxygens (including phenoxy) is 4. The lowest BCUT2D eigenvalue weighted by Crippen LogP contribution is -2.39. The van der Waals surface area contributed by atoms with Gasteiger partial charge >= 0.3 is 5.69 Å². The molecule has 0 bridgehead atoms. The number of methoxy groups -OCH3 is 2. The van der Waals surface area contributed by atoms with Crippen molar-refractivity contribution in [1.82, 2.24) is 9.55 Å². The summed E-state index contributed by atoms with van der Waals surface area (Å²) >= 11 is 0. The quantitative estimate of drug-likeness (QED) is 0.329. The van der Waals surface area contributed by atoms with Crippen LogP contribution in [0.5, 0.6) is 17.4 Å². The normalized spacial score (nSPS) is 21.4. The van der Waals surface area contributed by atoms with Gasteiger partial charge in [-0.2, -0.15) is 0 Å². The van der Waals surface area contributed by atoms with Gasteiger partial charge in [0, 0.05) is 5.92 Å². The van der Waals surface area contributed by atoms with Crippen LogP contribution in [0.3, 0.4) is 0 Å². The minimum absolute atomic E-state index is 0.117. The van der Waals surface area contributed by atoms with Crippen LogP contribution in [0, 0.1) is 5.92 Å². The highest BCUT2D eigenvalue weighted by molar-refractivity contribution is 5.49. The van der Waals surface area contributed by atoms with Crippen LogP contribution in [0.25, 0.3) is 0 Å². The zero-order valence-corrected chi connectivity index (χ0v) is 22.2. The number of aliphatic hydroxyl groups is 1. The summed E-state index contributed by atoms with van der Waals surface area (Å²) in [5.74, 6) is 1.18. The van der Waals surface area contributed by atoms with Gasteiger partial charge in [-0.15, -0.1) is 0 Å². The molecular weight excluding hydrogens is 512 g/mol. The first-order valence-electron chi connectivity index (χ1n) is 13.1. The van der Waals surface area contributed by atoms with Crippen LogP contribution in [0.2, 0.25) is 0 Å². The minimum atomic E-state index is -1.06. The van der Waals surface area contributed by atoms with Crippen molar-refractivity contribution in [2.24, 2.45) is 5.92 Å². The van der Waals surface area contributed by atoms with Crippen molar-refractivity contribution in [3.63, 3.8) is 0 Å². The second-order valence-electron chi connectivity index (χ2n) is 10.1. The van der Waals surface area contributed by atoms with Crippen molar-refractivity contribution in [1.29, 1.82) is 0 Å². The Labute approximate surface area is 230 Å². The highest BCUT2D eigenvalue weighted by Crippen LogP contribution is 2.46. The molecule has 2 aliphatic rings. The lowest BCUT2D eigenvalue weighted by molar-refractivity contribution is -0.0492. The van der Waals surface area contributed by atoms with E-state index in [1.54, 1.807) is 14.2 Å². The Morgan fingerprint density at radius 1 is 0.900 bits per heavy atom. The number of H-pyrrole nitrogens is 1. The van der Waals surface area contributed by atoms with E-state index in [-0.39, 0.29) is 12.5 Å². The zero-order valence-electron chi connectivity index (χ0n) is 22.2. The van der Waals surface area contributed by atoms with Gasteiger partial charge in [-0.1, -0.05) is 54.6 Å². The average molecular weight is 543 g/mol. The number of fused-ring (bicyclic) bond motifs is 3. The van der Waals surface area contributed by atoms with E-state index in [0.717, 1.165) is 16.7 Å². The van der Waals surface area contributed by atoms with Gasteiger partial charge < -0.3 is 24.1 Å². The second-order valence-corrected chi connectivity index (χ2v) is 10.1. The first kappa shape index (κ1) is 25.9. The van der Waals surface area contributed by atoms with Crippen LogP contribution >= 0.6 is 0 Å². The SMILES string of the molecule is COc1ccc(C(OC[C@@H]2[C@@H]3Oc4cc(=O)[nH]c(=O)n4[C@@H]3C[C@H]2O)(c2ccccc2)c2ccc(OC)cc2)cc1. The Morgan fingerprint density at radius 3 is 2.05 bits per heavy atom. The second kappa shape index (κ2) is 10.3. The van der Waals surface area contributed by atoms with Crippen LogP contribution in [0.4, 0.5) is 0 Å². The van der Waals surface area contributed by atoms with Gasteiger partial charge in [0.15, 0.2) is 0 Å². The summed E-state index contributed by atoms with van der Waals surface area (Å²) in [7, 11) is 3.24. The van der Waals surface area contributed by atoms with E-state index in [1.807, 2.05) is 78.9 Å². The smallest absolute Gasteiger partial charge is 0.331 e. The van der Waals surface area contributed by atoms with Crippen molar-refractivity contribution in [2.45, 2.75) is 30.3 Å². The Bertz CT molecular complexity index is 1550. The third-order valence-corrected chi connectivity index (χ3v) is 7.97. The van der Waals surface area contributed by atoms with Crippen LogP contribution in [0.1, 0.15) is 29.2 Å². The molecule has 6 rings (SSSR count). The third-order valence-electron chi connectivity index (χ3n) is 7.97. The van der Waals surface area contributed by atoms with E-state index in [9.17, 15) is 14.7 Å². The molecule has 2 heterocycles. The van der Waals surface area contributed by atoms with E-state index in [4.69, 9.17) is 18.9 Å². The molecule has 9 heteroatoms. The molecule has 40 heavy (non-hydrogen) atoms. The number of nitrogens with zero attached hydrogens (tertiary/aromatic N) is 1. The summed E-state index contributed by atoms with van der Waals surface area (Å²) < 4.78 is 25.3. The van der Waals surface area contributed by atoms with E-state index >= 15 is 0 Å². The van der Waals surface area contributed by atoms with E-state index in [2.05, 4.69) is 4.98 Å². The topological polar surface area (TPSA) is 112 Å². The molecule has 1 aliphatic heterocycles. The molecule has 1 saturated carbocycles. The summed E-state index contributed by atoms with van der Waals surface area (Å²) in [6.45, 7) is 0.117. The Kier molecular flexibility index (Phi) is 6.69. The molecule has 4 aromatic rings. The van der Waals surface area contributed by atoms with Gasteiger partial charge in [0.1, 0.15) is 23.2 Å². The van der Waals surface area contributed by atoms with E-state index in [1.165, 1.54) is 10.6 Å². The Morgan fingerprint density at radius 2 is 1.48 bits per heavy atom. The summed E-state index contributed by atoms with van der Waals surface area (Å²) in [5, 5.41) is 11.1. The fourth-order valence-electron chi connectivity index (χ4n) is 6.01. The number of aromatic amines is 1. The van der Waals surface area contributed by atoms with Gasteiger partial charge in [-0.25, -0.2) is 4.79 Å². The molecule has 0 spiro atoms. The maximum atomic E-state index is 12.6. The number of benzene rings is 3. The number of hydrogen-bond acceptors (Lipinski definition) is 7. The number of hydrogen-bond donors (Lipinski definition) is 2. The molecule has 206 valence electrons. The molecule has 2 N–H and O–H groups in total. The number of aromatic nitrogens is 2. The van der Waals surface area contributed by atoms with E-state index in [0.29, 0.717) is 17.9 Å². The van der Waals surface area contributed by atoms with Crippen molar-refractivity contribution >= 4 is 0 Å². The van der Waals surface area contributed by atoms with Crippen LogP contribution < -0.4 is 25.5 Å². The Hall–Kier alpha value is -4.34. The number of nitrogens with one attached hydrogen (secondary N) is 1. The summed E-state index contributed by atoms with van der Waals surface area (Å²) in [6.07, 6.45) is -0.999. The molecule has 0 amide bonds. The first-order valence-corrected chi connectivity index (χ1v) is 13.1. The number of rotatable bonds is 8. The van der Waals surface area contributed by atoms with Gasteiger partial charge in [-0.05, 0) is 47.4 Å². The summed E-state index contributed by atoms with van der Waals surface area (Å²) in [6, 6.07) is 26.2. The molecule has 0 saturated heterocycles. The molecule has 3 aromatic carbocycles. The highest BCUT2D eigenvalue weighted by atomic mass is 16.5. The van der Waals surface area contributed by atoms with Gasteiger partial charge in [0.25, 0.3) is 5.56 Å². The lowest BCUT2D eigenvalue weighted by atomic mass is 9.79. The van der Waals surface area contributed by atoms with Crippen molar-refractivity contribution in [3.8, 4) is 17.4 Å². The molecular formula is C31H30N2O7. The number of aliphatic hydroxyl groups excluding tert-OH is 1. The molecule has 0 radical (unpaired) electrons. The zero-order chi connectivity index (χ0) is 27.9. The van der Waals surface area contributed by atoms with Crippen molar-refractivity contribution < 1.29 is 24.1 Å². The molecule has 1 aromatic heterocycles. The molecule has 4 atom stereocenters. The standard InChI is InChI=1S/C31H30N2O7/c1-37-22-12-8-20(9-13-22)31(19-6-4-3-5-7-19,21-10-14-23(38-2)15-11-21)39-18-24-26(34)16-25-29(24)40-28-17-27(35)32-30(36)33(25)28/h3-15,17,24-26,29,34H,16,18H2,1-2H3,(H,32,35,36)/t24-,25+,26+,29-/m0/s1. The van der Waals surface area contributed by atoms with Gasteiger partial charge in [-0.3, -0.25) is 14.3 Å². The average Bonchev–Trinajstić information content (AvgIpc) is 3.48. The molecule has 1 aliphatic carbocycles. The van der Waals surface area contributed by atoms with Gasteiger partial charge in [0.05, 0.1) is 39.0 Å². The third kappa shape index (κ3) is 4.27. The minimum Gasteiger partial charge on any atom is -0.497 e. The fraction of sp³-hybridized carbons (Fsp3) is 0.290. The highest BCUT2D eigenvalue weighted by Gasteiger charge is 2.51. The van der Waals surface area contributed by atoms with Crippen LogP contribution in [0.15, 0.2) is 94.5 Å². The maximum absolute atomic E-state index is 12.6. The van der Waals surface area contributed by atoms with Crippen molar-refractivity contribution in [3.05, 3.63) is 122 Å². The van der Waals surface area contributed by atoms with E-state index < -0.39 is 41.0 Å². The van der Waals surface area contributed by atoms with Gasteiger partial charge in [0.2, 0.25) is 5.88 Å². The Balaban J connectivity index is 1.43. The largest absolute Gasteiger partial charge is 0.497 e. The maximum Gasteiger partial charge on any atom is 0.331 e. The molecule has 1 fully saturated rings. The fourth-order valence-corrected chi connectivity index (χ4v) is 6.01. The van der Waals surface area contributed by atoms with Crippen LogP contribution in [-0.2, 0) is 10.3 Å². The predicted octanol–water partition coefficient (Wildman–Crippen LogP) is 3.25. The lowest BCUT2D eigenvalue weighted by Gasteiger charge is -2.37. The molecule has 0 unspecified atom stereocenters. The van der Waals surface area contributed by atoms with Crippen LogP contribution in [-0.4, -0.2) is 47.7 Å². The summed E-state index contributed by atoms with van der Waals surface area (Å²) in [5.41, 5.74) is 0.505. The molecule has 9 nitrogen and oxygen atoms in total.